The first-order valence-corrected chi connectivity index (χ1v) is 5.73. The number of ether oxygens (including phenoxy) is 2. The van der Waals surface area contributed by atoms with Gasteiger partial charge in [-0.15, -0.1) is 0 Å². The largest absolute Gasteiger partial charge is 0.456 e. The quantitative estimate of drug-likeness (QED) is 0.628. The SMILES string of the molecule is CC(=O)Oc1ccc([C@H]2OC(=O)[C@@H](N)[C@@H]2C)cc1. The summed E-state index contributed by atoms with van der Waals surface area (Å²) < 4.78 is 10.2. The number of benzene rings is 1. The average molecular weight is 249 g/mol. The summed E-state index contributed by atoms with van der Waals surface area (Å²) in [6.07, 6.45) is -0.334. The highest BCUT2D eigenvalue weighted by Crippen LogP contribution is 2.34. The van der Waals surface area contributed by atoms with Gasteiger partial charge in [0.1, 0.15) is 17.9 Å². The summed E-state index contributed by atoms with van der Waals surface area (Å²) in [6, 6.07) is 6.29. The van der Waals surface area contributed by atoms with E-state index < -0.39 is 6.04 Å². The van der Waals surface area contributed by atoms with E-state index in [-0.39, 0.29) is 24.0 Å². The Morgan fingerprint density at radius 2 is 1.94 bits per heavy atom. The molecular formula is C13H15NO4. The molecule has 1 saturated heterocycles. The third kappa shape index (κ3) is 2.36. The first-order valence-electron chi connectivity index (χ1n) is 5.73. The second-order valence-electron chi connectivity index (χ2n) is 4.41. The predicted octanol–water partition coefficient (Wildman–Crippen LogP) is 1.17. The van der Waals surface area contributed by atoms with Crippen LogP contribution in [0.2, 0.25) is 0 Å². The minimum atomic E-state index is -0.580. The summed E-state index contributed by atoms with van der Waals surface area (Å²) >= 11 is 0. The van der Waals surface area contributed by atoms with Crippen molar-refractivity contribution < 1.29 is 19.1 Å². The fraction of sp³-hybridized carbons (Fsp3) is 0.385. The first-order chi connectivity index (χ1) is 8.49. The van der Waals surface area contributed by atoms with Crippen molar-refractivity contribution in [2.45, 2.75) is 26.0 Å². The standard InChI is InChI=1S/C13H15NO4/c1-7-11(14)13(16)18-12(7)9-3-5-10(6-4-9)17-8(2)15/h3-7,11-12H,14H2,1-2H3/t7-,11-,12-/m0/s1. The molecule has 0 radical (unpaired) electrons. The number of cyclic esters (lactones) is 1. The van der Waals surface area contributed by atoms with E-state index in [1.165, 1.54) is 6.92 Å². The number of carbonyl (C=O) groups excluding carboxylic acids is 2. The molecule has 5 nitrogen and oxygen atoms in total. The topological polar surface area (TPSA) is 78.6 Å². The van der Waals surface area contributed by atoms with Crippen molar-refractivity contribution in [3.63, 3.8) is 0 Å². The molecule has 1 aliphatic rings. The van der Waals surface area contributed by atoms with Crippen molar-refractivity contribution in [1.29, 1.82) is 0 Å². The van der Waals surface area contributed by atoms with Crippen LogP contribution < -0.4 is 10.5 Å². The molecule has 3 atom stereocenters. The summed E-state index contributed by atoms with van der Waals surface area (Å²) in [7, 11) is 0. The lowest BCUT2D eigenvalue weighted by Crippen LogP contribution is -2.30. The molecule has 96 valence electrons. The average Bonchev–Trinajstić information content (AvgIpc) is 2.57. The molecule has 1 aromatic carbocycles. The molecule has 0 aromatic heterocycles. The van der Waals surface area contributed by atoms with Crippen molar-refractivity contribution in [2.75, 3.05) is 0 Å². The lowest BCUT2D eigenvalue weighted by atomic mass is 9.94. The Labute approximate surface area is 105 Å². The number of nitrogens with two attached hydrogens (primary N) is 1. The fourth-order valence-electron chi connectivity index (χ4n) is 1.98. The van der Waals surface area contributed by atoms with Gasteiger partial charge in [-0.2, -0.15) is 0 Å². The van der Waals surface area contributed by atoms with Crippen LogP contribution in [0.5, 0.6) is 5.75 Å². The molecule has 1 fully saturated rings. The second kappa shape index (κ2) is 4.78. The summed E-state index contributed by atoms with van der Waals surface area (Å²) in [5, 5.41) is 0. The van der Waals surface area contributed by atoms with E-state index in [0.717, 1.165) is 5.56 Å². The van der Waals surface area contributed by atoms with Crippen LogP contribution in [0.3, 0.4) is 0 Å². The molecule has 1 aliphatic heterocycles. The number of rotatable bonds is 2. The van der Waals surface area contributed by atoms with Gasteiger partial charge in [0.15, 0.2) is 0 Å². The Kier molecular flexibility index (Phi) is 3.34. The smallest absolute Gasteiger partial charge is 0.323 e. The Hall–Kier alpha value is -1.88. The van der Waals surface area contributed by atoms with E-state index in [2.05, 4.69) is 0 Å². The van der Waals surface area contributed by atoms with Gasteiger partial charge in [-0.3, -0.25) is 9.59 Å². The zero-order valence-electron chi connectivity index (χ0n) is 10.3. The normalized spacial score (nSPS) is 26.8. The number of hydrogen-bond acceptors (Lipinski definition) is 5. The van der Waals surface area contributed by atoms with Gasteiger partial charge in [0, 0.05) is 12.8 Å². The molecule has 5 heteroatoms. The van der Waals surface area contributed by atoms with Crippen LogP contribution in [0, 0.1) is 5.92 Å². The van der Waals surface area contributed by atoms with E-state index in [1.54, 1.807) is 24.3 Å². The van der Waals surface area contributed by atoms with Gasteiger partial charge < -0.3 is 15.2 Å². The molecule has 0 bridgehead atoms. The predicted molar refractivity (Wildman–Crippen MR) is 63.7 cm³/mol. The molecule has 0 saturated carbocycles. The van der Waals surface area contributed by atoms with Crippen LogP contribution in [-0.4, -0.2) is 18.0 Å². The summed E-state index contributed by atoms with van der Waals surface area (Å²) in [5.41, 5.74) is 6.55. The lowest BCUT2D eigenvalue weighted by molar-refractivity contribution is -0.142. The maximum Gasteiger partial charge on any atom is 0.323 e. The van der Waals surface area contributed by atoms with Gasteiger partial charge in [0.05, 0.1) is 0 Å². The minimum absolute atomic E-state index is 0.0722. The van der Waals surface area contributed by atoms with E-state index in [4.69, 9.17) is 15.2 Å². The zero-order chi connectivity index (χ0) is 13.3. The third-order valence-electron chi connectivity index (χ3n) is 3.03. The fourth-order valence-corrected chi connectivity index (χ4v) is 1.98. The van der Waals surface area contributed by atoms with Crippen molar-refractivity contribution in [1.82, 2.24) is 0 Å². The molecule has 1 aromatic rings. The summed E-state index contributed by atoms with van der Waals surface area (Å²) in [6.45, 7) is 3.22. The molecule has 18 heavy (non-hydrogen) atoms. The molecular weight excluding hydrogens is 234 g/mol. The lowest BCUT2D eigenvalue weighted by Gasteiger charge is -2.15. The highest BCUT2D eigenvalue weighted by molar-refractivity contribution is 5.78. The minimum Gasteiger partial charge on any atom is -0.456 e. The number of hydrogen-bond donors (Lipinski definition) is 1. The van der Waals surface area contributed by atoms with Crippen LogP contribution >= 0.6 is 0 Å². The van der Waals surface area contributed by atoms with Gasteiger partial charge in [-0.05, 0) is 17.7 Å². The zero-order valence-corrected chi connectivity index (χ0v) is 10.3. The number of esters is 2. The molecule has 2 rings (SSSR count). The number of carbonyl (C=O) groups is 2. The molecule has 0 unspecified atom stereocenters. The second-order valence-corrected chi connectivity index (χ2v) is 4.41. The van der Waals surface area contributed by atoms with E-state index in [1.807, 2.05) is 6.92 Å². The third-order valence-corrected chi connectivity index (χ3v) is 3.03. The van der Waals surface area contributed by atoms with Gasteiger partial charge in [0.25, 0.3) is 0 Å². The van der Waals surface area contributed by atoms with E-state index in [0.29, 0.717) is 5.75 Å². The van der Waals surface area contributed by atoms with Crippen LogP contribution in [0.4, 0.5) is 0 Å². The van der Waals surface area contributed by atoms with Gasteiger partial charge in [0.2, 0.25) is 0 Å². The van der Waals surface area contributed by atoms with Crippen molar-refractivity contribution in [3.8, 4) is 5.75 Å². The Balaban J connectivity index is 2.15. The van der Waals surface area contributed by atoms with E-state index in [9.17, 15) is 9.59 Å². The highest BCUT2D eigenvalue weighted by atomic mass is 16.6. The van der Waals surface area contributed by atoms with Crippen molar-refractivity contribution >= 4 is 11.9 Å². The molecule has 0 amide bonds. The molecule has 0 aliphatic carbocycles. The Bertz CT molecular complexity index is 468. The van der Waals surface area contributed by atoms with Crippen LogP contribution in [-0.2, 0) is 14.3 Å². The van der Waals surface area contributed by atoms with E-state index >= 15 is 0 Å². The van der Waals surface area contributed by atoms with Crippen molar-refractivity contribution in [3.05, 3.63) is 29.8 Å². The van der Waals surface area contributed by atoms with Crippen molar-refractivity contribution in [2.24, 2.45) is 11.7 Å². The Morgan fingerprint density at radius 1 is 1.33 bits per heavy atom. The van der Waals surface area contributed by atoms with Crippen LogP contribution in [0.25, 0.3) is 0 Å². The monoisotopic (exact) mass is 249 g/mol. The maximum atomic E-state index is 11.4. The molecule has 2 N–H and O–H groups in total. The van der Waals surface area contributed by atoms with Gasteiger partial charge in [-0.1, -0.05) is 19.1 Å². The molecule has 1 heterocycles. The highest BCUT2D eigenvalue weighted by Gasteiger charge is 2.40. The van der Waals surface area contributed by atoms with Crippen LogP contribution in [0.1, 0.15) is 25.5 Å². The summed E-state index contributed by atoms with van der Waals surface area (Å²) in [5.74, 6) is -0.355. The maximum absolute atomic E-state index is 11.4. The van der Waals surface area contributed by atoms with Crippen LogP contribution in [0.15, 0.2) is 24.3 Å². The van der Waals surface area contributed by atoms with Gasteiger partial charge in [-0.25, -0.2) is 0 Å². The molecule has 0 spiro atoms. The summed E-state index contributed by atoms with van der Waals surface area (Å²) in [4.78, 5) is 22.1. The first kappa shape index (κ1) is 12.6. The van der Waals surface area contributed by atoms with Gasteiger partial charge >= 0.3 is 11.9 Å². The Morgan fingerprint density at radius 3 is 2.39 bits per heavy atom.